The molecule has 3 nitrogen and oxygen atoms in total. The summed E-state index contributed by atoms with van der Waals surface area (Å²) in [5, 5.41) is 9.94. The average molecular weight is 186 g/mol. The average Bonchev–Trinajstić information content (AvgIpc) is 2.54. The first-order chi connectivity index (χ1) is 6.29. The smallest absolute Gasteiger partial charge is 0.168 e. The van der Waals surface area contributed by atoms with Gasteiger partial charge in [-0.2, -0.15) is 0 Å². The first-order valence-corrected chi connectivity index (χ1v) is 5.30. The zero-order valence-corrected chi connectivity index (χ0v) is 8.00. The highest BCUT2D eigenvalue weighted by Crippen LogP contribution is 2.33. The van der Waals surface area contributed by atoms with E-state index in [1.54, 1.807) is 0 Å². The third-order valence-electron chi connectivity index (χ3n) is 2.87. The lowest BCUT2D eigenvalue weighted by Crippen LogP contribution is -2.36. The minimum absolute atomic E-state index is 0.156. The van der Waals surface area contributed by atoms with Crippen LogP contribution in [0.2, 0.25) is 0 Å². The molecule has 0 aromatic carbocycles. The van der Waals surface area contributed by atoms with Gasteiger partial charge >= 0.3 is 0 Å². The van der Waals surface area contributed by atoms with Gasteiger partial charge in [0.2, 0.25) is 0 Å². The summed E-state index contributed by atoms with van der Waals surface area (Å²) < 4.78 is 11.0. The molecule has 3 heteroatoms. The molecule has 1 aliphatic carbocycles. The van der Waals surface area contributed by atoms with E-state index < -0.39 is 5.79 Å². The number of hydrogen-bond acceptors (Lipinski definition) is 3. The van der Waals surface area contributed by atoms with Gasteiger partial charge in [-0.3, -0.25) is 0 Å². The maximum Gasteiger partial charge on any atom is 0.168 e. The lowest BCUT2D eigenvalue weighted by molar-refractivity contribution is -0.295. The molecule has 2 fully saturated rings. The number of rotatable bonds is 2. The molecule has 1 saturated carbocycles. The van der Waals surface area contributed by atoms with Crippen molar-refractivity contribution in [1.29, 1.82) is 0 Å². The first kappa shape index (κ1) is 9.44. The Labute approximate surface area is 79.0 Å². The third-order valence-corrected chi connectivity index (χ3v) is 2.87. The second-order valence-corrected chi connectivity index (χ2v) is 4.07. The molecule has 1 N–H and O–H groups in total. The van der Waals surface area contributed by atoms with E-state index in [0.29, 0.717) is 0 Å². The van der Waals surface area contributed by atoms with E-state index in [1.807, 2.05) is 0 Å². The largest absolute Gasteiger partial charge is 0.365 e. The Morgan fingerprint density at radius 1 is 1.15 bits per heavy atom. The van der Waals surface area contributed by atoms with Crippen LogP contribution in [0.25, 0.3) is 0 Å². The molecule has 1 atom stereocenters. The van der Waals surface area contributed by atoms with Crippen molar-refractivity contribution in [1.82, 2.24) is 0 Å². The van der Waals surface area contributed by atoms with Crippen molar-refractivity contribution >= 4 is 0 Å². The molecule has 0 bridgehead atoms. The van der Waals surface area contributed by atoms with Gasteiger partial charge in [0.05, 0.1) is 0 Å². The molecule has 0 amide bonds. The summed E-state index contributed by atoms with van der Waals surface area (Å²) in [6, 6.07) is 0. The van der Waals surface area contributed by atoms with Crippen molar-refractivity contribution in [3.8, 4) is 0 Å². The highest BCUT2D eigenvalue weighted by atomic mass is 16.7. The monoisotopic (exact) mass is 186 g/mol. The molecule has 1 saturated heterocycles. The van der Waals surface area contributed by atoms with Gasteiger partial charge in [-0.25, -0.2) is 0 Å². The normalized spacial score (nSPS) is 33.5. The van der Waals surface area contributed by atoms with Gasteiger partial charge in [0.15, 0.2) is 12.1 Å². The van der Waals surface area contributed by atoms with Crippen LogP contribution in [-0.2, 0) is 9.47 Å². The van der Waals surface area contributed by atoms with Gasteiger partial charge in [0.1, 0.15) is 0 Å². The van der Waals surface area contributed by atoms with Crippen molar-refractivity contribution < 1.29 is 14.6 Å². The predicted molar refractivity (Wildman–Crippen MR) is 48.1 cm³/mol. The summed E-state index contributed by atoms with van der Waals surface area (Å²) in [6.45, 7) is 0.779. The van der Waals surface area contributed by atoms with Crippen molar-refractivity contribution in [2.75, 3.05) is 6.61 Å². The molecule has 2 aliphatic rings. The Kier molecular flexibility index (Phi) is 2.86. The van der Waals surface area contributed by atoms with Crippen LogP contribution in [0, 0.1) is 0 Å². The molecule has 1 aliphatic heterocycles. The second-order valence-electron chi connectivity index (χ2n) is 4.07. The Morgan fingerprint density at radius 3 is 2.54 bits per heavy atom. The molecular weight excluding hydrogens is 168 g/mol. The summed E-state index contributed by atoms with van der Waals surface area (Å²) >= 11 is 0. The summed E-state index contributed by atoms with van der Waals surface area (Å²) in [5.41, 5.74) is 0. The van der Waals surface area contributed by atoms with E-state index in [-0.39, 0.29) is 6.29 Å². The zero-order chi connectivity index (χ0) is 9.15. The Hall–Kier alpha value is -0.120. The molecule has 76 valence electrons. The van der Waals surface area contributed by atoms with Crippen molar-refractivity contribution in [3.63, 3.8) is 0 Å². The van der Waals surface area contributed by atoms with Gasteiger partial charge < -0.3 is 14.6 Å². The van der Waals surface area contributed by atoms with Crippen LogP contribution in [0.5, 0.6) is 0 Å². The standard InChI is InChI=1S/C10H18O3/c11-10(6-2-3-7-10)13-9-5-1-4-8-12-9/h9,11H,1-8H2. The van der Waals surface area contributed by atoms with Crippen LogP contribution in [0.15, 0.2) is 0 Å². The molecule has 0 radical (unpaired) electrons. The van der Waals surface area contributed by atoms with Gasteiger partial charge in [-0.1, -0.05) is 0 Å². The van der Waals surface area contributed by atoms with E-state index in [1.165, 1.54) is 0 Å². The quantitative estimate of drug-likeness (QED) is 0.668. The Bertz CT molecular complexity index is 158. The summed E-state index contributed by atoms with van der Waals surface area (Å²) in [5.74, 6) is -0.873. The first-order valence-electron chi connectivity index (χ1n) is 5.30. The fraction of sp³-hybridized carbons (Fsp3) is 1.00. The maximum absolute atomic E-state index is 9.94. The second kappa shape index (κ2) is 3.95. The van der Waals surface area contributed by atoms with Crippen LogP contribution >= 0.6 is 0 Å². The Balaban J connectivity index is 1.81. The molecule has 1 heterocycles. The molecule has 13 heavy (non-hydrogen) atoms. The van der Waals surface area contributed by atoms with E-state index >= 15 is 0 Å². The van der Waals surface area contributed by atoms with Crippen LogP contribution in [-0.4, -0.2) is 23.8 Å². The number of hydrogen-bond donors (Lipinski definition) is 1. The van der Waals surface area contributed by atoms with Crippen molar-refractivity contribution in [3.05, 3.63) is 0 Å². The van der Waals surface area contributed by atoms with Crippen molar-refractivity contribution in [2.45, 2.75) is 57.0 Å². The molecular formula is C10H18O3. The molecule has 0 aromatic heterocycles. The molecule has 1 unspecified atom stereocenters. The fourth-order valence-corrected chi connectivity index (χ4v) is 2.09. The van der Waals surface area contributed by atoms with Crippen LogP contribution < -0.4 is 0 Å². The lowest BCUT2D eigenvalue weighted by Gasteiger charge is -2.31. The highest BCUT2D eigenvalue weighted by Gasteiger charge is 2.35. The Morgan fingerprint density at radius 2 is 1.92 bits per heavy atom. The van der Waals surface area contributed by atoms with Gasteiger partial charge in [-0.05, 0) is 32.1 Å². The van der Waals surface area contributed by atoms with Crippen LogP contribution in [0.1, 0.15) is 44.9 Å². The molecule has 0 aromatic rings. The summed E-state index contributed by atoms with van der Waals surface area (Å²) in [7, 11) is 0. The SMILES string of the molecule is OC1(OC2CCCCO2)CCCC1. The molecule has 0 spiro atoms. The number of ether oxygens (including phenoxy) is 2. The van der Waals surface area contributed by atoms with E-state index in [4.69, 9.17) is 9.47 Å². The van der Waals surface area contributed by atoms with Crippen LogP contribution in [0.3, 0.4) is 0 Å². The summed E-state index contributed by atoms with van der Waals surface area (Å²) in [4.78, 5) is 0. The highest BCUT2D eigenvalue weighted by molar-refractivity contribution is 4.75. The topological polar surface area (TPSA) is 38.7 Å². The predicted octanol–water partition coefficient (Wildman–Crippen LogP) is 1.79. The van der Waals surface area contributed by atoms with E-state index in [2.05, 4.69) is 0 Å². The van der Waals surface area contributed by atoms with Gasteiger partial charge in [0, 0.05) is 19.4 Å². The van der Waals surface area contributed by atoms with Crippen molar-refractivity contribution in [2.24, 2.45) is 0 Å². The molecule has 2 rings (SSSR count). The van der Waals surface area contributed by atoms with E-state index in [0.717, 1.165) is 51.6 Å². The van der Waals surface area contributed by atoms with Gasteiger partial charge in [-0.15, -0.1) is 0 Å². The van der Waals surface area contributed by atoms with E-state index in [9.17, 15) is 5.11 Å². The van der Waals surface area contributed by atoms with Gasteiger partial charge in [0.25, 0.3) is 0 Å². The fourth-order valence-electron chi connectivity index (χ4n) is 2.09. The lowest BCUT2D eigenvalue weighted by atomic mass is 10.2. The summed E-state index contributed by atoms with van der Waals surface area (Å²) in [6.07, 6.45) is 6.74. The third kappa shape index (κ3) is 2.42. The minimum Gasteiger partial charge on any atom is -0.365 e. The minimum atomic E-state index is -0.873. The zero-order valence-electron chi connectivity index (χ0n) is 8.00. The number of aliphatic hydroxyl groups is 1. The maximum atomic E-state index is 9.94. The van der Waals surface area contributed by atoms with Crippen LogP contribution in [0.4, 0.5) is 0 Å².